The number of primary amides is 1. The first kappa shape index (κ1) is 14.6. The van der Waals surface area contributed by atoms with Crippen molar-refractivity contribution in [2.45, 2.75) is 24.3 Å². The number of hydrogen-bond acceptors (Lipinski definition) is 5. The van der Waals surface area contributed by atoms with E-state index in [0.29, 0.717) is 0 Å². The van der Waals surface area contributed by atoms with Crippen LogP contribution in [-0.2, 0) is 14.8 Å². The van der Waals surface area contributed by atoms with E-state index in [2.05, 4.69) is 4.72 Å². The van der Waals surface area contributed by atoms with Crippen molar-refractivity contribution in [3.63, 3.8) is 0 Å². The molecule has 0 radical (unpaired) electrons. The lowest BCUT2D eigenvalue weighted by molar-refractivity contribution is -0.118. The Morgan fingerprint density at radius 1 is 1.56 bits per heavy atom. The number of aromatic carboxylic acids is 1. The second-order valence-corrected chi connectivity index (χ2v) is 6.27. The molecule has 0 saturated carbocycles. The van der Waals surface area contributed by atoms with Crippen LogP contribution in [0.3, 0.4) is 0 Å². The Kier molecular flexibility index (Phi) is 4.43. The quantitative estimate of drug-likeness (QED) is 0.679. The van der Waals surface area contributed by atoms with Gasteiger partial charge in [0.1, 0.15) is 4.88 Å². The van der Waals surface area contributed by atoms with E-state index in [9.17, 15) is 18.0 Å². The molecule has 1 unspecified atom stereocenters. The summed E-state index contributed by atoms with van der Waals surface area (Å²) in [4.78, 5) is 21.1. The molecule has 1 aromatic heterocycles. The number of sulfonamides is 1. The number of thiophene rings is 1. The summed E-state index contributed by atoms with van der Waals surface area (Å²) in [7, 11) is -3.83. The van der Waals surface area contributed by atoms with Gasteiger partial charge in [0.2, 0.25) is 15.9 Å². The number of nitrogens with two attached hydrogens (primary N) is 1. The molecular formula is C9H12N2O5S2. The van der Waals surface area contributed by atoms with Crippen molar-refractivity contribution >= 4 is 33.2 Å². The van der Waals surface area contributed by atoms with Crippen molar-refractivity contribution in [1.82, 2.24) is 4.72 Å². The van der Waals surface area contributed by atoms with E-state index in [1.165, 1.54) is 12.3 Å². The van der Waals surface area contributed by atoms with Gasteiger partial charge in [0.05, 0.1) is 4.90 Å². The molecule has 0 bridgehead atoms. The molecule has 1 rings (SSSR count). The normalized spacial score (nSPS) is 13.2. The number of hydrogen-bond donors (Lipinski definition) is 3. The molecule has 9 heteroatoms. The molecule has 1 aromatic rings. The summed E-state index contributed by atoms with van der Waals surface area (Å²) >= 11 is 0.815. The predicted molar refractivity (Wildman–Crippen MR) is 64.9 cm³/mol. The van der Waals surface area contributed by atoms with E-state index in [4.69, 9.17) is 10.8 Å². The summed E-state index contributed by atoms with van der Waals surface area (Å²) < 4.78 is 25.9. The predicted octanol–water partition coefficient (Wildman–Crippen LogP) is -0.0115. The maximum absolute atomic E-state index is 11.8. The number of carbonyl (C=O) groups is 2. The highest BCUT2D eigenvalue weighted by Crippen LogP contribution is 2.19. The molecular weight excluding hydrogens is 280 g/mol. The number of rotatable bonds is 6. The number of carboxylic acid groups (broad SMARTS) is 1. The third-order valence-corrected chi connectivity index (χ3v) is 4.60. The Balaban J connectivity index is 2.85. The van der Waals surface area contributed by atoms with Crippen LogP contribution in [0.5, 0.6) is 0 Å². The zero-order valence-corrected chi connectivity index (χ0v) is 11.0. The van der Waals surface area contributed by atoms with Crippen molar-refractivity contribution in [3.8, 4) is 0 Å². The molecule has 0 fully saturated rings. The Morgan fingerprint density at radius 2 is 2.17 bits per heavy atom. The molecule has 1 amide bonds. The maximum atomic E-state index is 11.8. The van der Waals surface area contributed by atoms with E-state index in [1.54, 1.807) is 0 Å². The van der Waals surface area contributed by atoms with Gasteiger partial charge in [-0.2, -0.15) is 0 Å². The highest BCUT2D eigenvalue weighted by atomic mass is 32.2. The minimum Gasteiger partial charge on any atom is -0.477 e. The number of amides is 1. The molecule has 1 atom stereocenters. The van der Waals surface area contributed by atoms with Crippen molar-refractivity contribution in [1.29, 1.82) is 0 Å². The number of carboxylic acids is 1. The van der Waals surface area contributed by atoms with E-state index in [0.717, 1.165) is 17.4 Å². The molecule has 0 aliphatic heterocycles. The molecule has 100 valence electrons. The smallest absolute Gasteiger partial charge is 0.345 e. The van der Waals surface area contributed by atoms with Crippen LogP contribution < -0.4 is 10.5 Å². The van der Waals surface area contributed by atoms with Gasteiger partial charge in [0, 0.05) is 17.8 Å². The zero-order chi connectivity index (χ0) is 13.9. The van der Waals surface area contributed by atoms with Crippen LogP contribution >= 0.6 is 11.3 Å². The fourth-order valence-electron chi connectivity index (χ4n) is 1.25. The van der Waals surface area contributed by atoms with Crippen LogP contribution in [0, 0.1) is 0 Å². The first-order chi connectivity index (χ1) is 8.22. The van der Waals surface area contributed by atoms with E-state index in [1.807, 2.05) is 0 Å². The van der Waals surface area contributed by atoms with Crippen LogP contribution in [-0.4, -0.2) is 31.4 Å². The van der Waals surface area contributed by atoms with E-state index >= 15 is 0 Å². The summed E-state index contributed by atoms with van der Waals surface area (Å²) in [5.41, 5.74) is 4.95. The fourth-order valence-corrected chi connectivity index (χ4v) is 3.60. The average molecular weight is 292 g/mol. The summed E-state index contributed by atoms with van der Waals surface area (Å²) in [6.45, 7) is 1.49. The molecule has 0 saturated heterocycles. The van der Waals surface area contributed by atoms with Gasteiger partial charge in [-0.05, 0) is 13.0 Å². The molecule has 0 aliphatic carbocycles. The van der Waals surface area contributed by atoms with Crippen LogP contribution in [0.25, 0.3) is 0 Å². The Bertz CT molecular complexity index is 563. The fraction of sp³-hybridized carbons (Fsp3) is 0.333. The lowest BCUT2D eigenvalue weighted by Crippen LogP contribution is -2.35. The van der Waals surface area contributed by atoms with Crippen molar-refractivity contribution < 1.29 is 23.1 Å². The van der Waals surface area contributed by atoms with Crippen LogP contribution in [0.2, 0.25) is 0 Å². The molecule has 4 N–H and O–H groups in total. The largest absolute Gasteiger partial charge is 0.477 e. The van der Waals surface area contributed by atoms with Gasteiger partial charge in [-0.15, -0.1) is 11.3 Å². The summed E-state index contributed by atoms with van der Waals surface area (Å²) in [5, 5.41) is 9.92. The van der Waals surface area contributed by atoms with Gasteiger partial charge in [-0.25, -0.2) is 17.9 Å². The van der Waals surface area contributed by atoms with Crippen LogP contribution in [0.1, 0.15) is 23.0 Å². The second-order valence-electron chi connectivity index (χ2n) is 3.64. The van der Waals surface area contributed by atoms with Crippen LogP contribution in [0.4, 0.5) is 0 Å². The Labute approximate surface area is 108 Å². The summed E-state index contributed by atoms with van der Waals surface area (Å²) in [6, 6.07) is 0.410. The first-order valence-corrected chi connectivity index (χ1v) is 7.21. The zero-order valence-electron chi connectivity index (χ0n) is 9.41. The van der Waals surface area contributed by atoms with Crippen molar-refractivity contribution in [2.75, 3.05) is 0 Å². The third-order valence-electron chi connectivity index (χ3n) is 1.96. The van der Waals surface area contributed by atoms with E-state index < -0.39 is 27.9 Å². The van der Waals surface area contributed by atoms with E-state index in [-0.39, 0.29) is 16.2 Å². The molecule has 18 heavy (non-hydrogen) atoms. The second kappa shape index (κ2) is 5.46. The number of carbonyl (C=O) groups excluding carboxylic acids is 1. The maximum Gasteiger partial charge on any atom is 0.345 e. The highest BCUT2D eigenvalue weighted by molar-refractivity contribution is 7.89. The SMILES string of the molecule is CC(CC(N)=O)NS(=O)(=O)c1csc(C(=O)O)c1. The topological polar surface area (TPSA) is 127 Å². The Hall–Kier alpha value is -1.45. The molecule has 0 aromatic carbocycles. The van der Waals surface area contributed by atoms with Crippen molar-refractivity contribution in [2.24, 2.45) is 5.73 Å². The van der Waals surface area contributed by atoms with Gasteiger partial charge in [-0.3, -0.25) is 4.79 Å². The minimum absolute atomic E-state index is 0.0714. The molecule has 0 spiro atoms. The lowest BCUT2D eigenvalue weighted by atomic mass is 10.2. The number of nitrogens with one attached hydrogen (secondary N) is 1. The van der Waals surface area contributed by atoms with Gasteiger partial charge in [0.15, 0.2) is 0 Å². The standard InChI is InChI=1S/C9H12N2O5S2/c1-5(2-8(10)12)11-18(15,16)6-3-7(9(13)14)17-4-6/h3-5,11H,2H2,1H3,(H2,10,12)(H,13,14). The average Bonchev–Trinajstić information content (AvgIpc) is 2.63. The molecule has 7 nitrogen and oxygen atoms in total. The van der Waals surface area contributed by atoms with Gasteiger partial charge < -0.3 is 10.8 Å². The monoisotopic (exact) mass is 292 g/mol. The molecule has 1 heterocycles. The third kappa shape index (κ3) is 3.79. The van der Waals surface area contributed by atoms with Gasteiger partial charge in [0.25, 0.3) is 0 Å². The highest BCUT2D eigenvalue weighted by Gasteiger charge is 2.21. The Morgan fingerprint density at radius 3 is 2.61 bits per heavy atom. The summed E-state index contributed by atoms with van der Waals surface area (Å²) in [5.74, 6) is -1.81. The van der Waals surface area contributed by atoms with Crippen molar-refractivity contribution in [3.05, 3.63) is 16.3 Å². The van der Waals surface area contributed by atoms with Gasteiger partial charge >= 0.3 is 5.97 Å². The lowest BCUT2D eigenvalue weighted by Gasteiger charge is -2.11. The van der Waals surface area contributed by atoms with Gasteiger partial charge in [-0.1, -0.05) is 0 Å². The van der Waals surface area contributed by atoms with Crippen LogP contribution in [0.15, 0.2) is 16.3 Å². The summed E-state index contributed by atoms with van der Waals surface area (Å²) in [6.07, 6.45) is -0.130. The molecule has 0 aliphatic rings. The minimum atomic E-state index is -3.83. The first-order valence-electron chi connectivity index (χ1n) is 4.85.